The Morgan fingerprint density at radius 2 is 1.80 bits per heavy atom. The molecule has 20 heavy (non-hydrogen) atoms. The second-order valence-corrected chi connectivity index (χ2v) is 5.16. The highest BCUT2D eigenvalue weighted by atomic mass is 35.5. The van der Waals surface area contributed by atoms with Crippen LogP contribution in [0.1, 0.15) is 21.5 Å². The molecule has 5 heteroatoms. The van der Waals surface area contributed by atoms with Gasteiger partial charge in [-0.15, -0.1) is 0 Å². The van der Waals surface area contributed by atoms with E-state index >= 15 is 0 Å². The Balaban J connectivity index is 2.22. The maximum absolute atomic E-state index is 11.1. The van der Waals surface area contributed by atoms with E-state index in [1.807, 2.05) is 31.2 Å². The van der Waals surface area contributed by atoms with Crippen molar-refractivity contribution in [1.82, 2.24) is 0 Å². The summed E-state index contributed by atoms with van der Waals surface area (Å²) >= 11 is 12.1. The van der Waals surface area contributed by atoms with E-state index < -0.39 is 5.91 Å². The SMILES string of the molecule is Cc1ccccc1COc1c(Cl)cc(C(N)=O)cc1Cl. The molecular weight excluding hydrogens is 297 g/mol. The third-order valence-electron chi connectivity index (χ3n) is 2.92. The third-order valence-corrected chi connectivity index (χ3v) is 3.48. The van der Waals surface area contributed by atoms with E-state index in [2.05, 4.69) is 0 Å². The predicted molar refractivity (Wildman–Crippen MR) is 80.5 cm³/mol. The summed E-state index contributed by atoms with van der Waals surface area (Å²) in [6, 6.07) is 10.8. The molecule has 3 nitrogen and oxygen atoms in total. The first-order chi connectivity index (χ1) is 9.49. The largest absolute Gasteiger partial charge is 0.486 e. The van der Waals surface area contributed by atoms with Crippen LogP contribution in [-0.4, -0.2) is 5.91 Å². The van der Waals surface area contributed by atoms with Crippen molar-refractivity contribution in [3.63, 3.8) is 0 Å². The van der Waals surface area contributed by atoms with Gasteiger partial charge in [0.05, 0.1) is 10.0 Å². The number of nitrogens with two attached hydrogens (primary N) is 1. The molecule has 0 aliphatic carbocycles. The quantitative estimate of drug-likeness (QED) is 0.928. The average molecular weight is 310 g/mol. The average Bonchev–Trinajstić information content (AvgIpc) is 2.39. The van der Waals surface area contributed by atoms with Gasteiger partial charge in [0.25, 0.3) is 0 Å². The molecule has 1 amide bonds. The second-order valence-electron chi connectivity index (χ2n) is 4.35. The van der Waals surface area contributed by atoms with Crippen molar-refractivity contribution < 1.29 is 9.53 Å². The maximum atomic E-state index is 11.1. The summed E-state index contributed by atoms with van der Waals surface area (Å²) in [5.41, 5.74) is 7.60. The molecule has 0 aliphatic rings. The van der Waals surface area contributed by atoms with E-state index in [0.29, 0.717) is 12.4 Å². The number of carbonyl (C=O) groups is 1. The fourth-order valence-corrected chi connectivity index (χ4v) is 2.36. The minimum atomic E-state index is -0.584. The lowest BCUT2D eigenvalue weighted by Gasteiger charge is -2.12. The number of benzene rings is 2. The van der Waals surface area contributed by atoms with Crippen molar-refractivity contribution in [1.29, 1.82) is 0 Å². The first kappa shape index (κ1) is 14.7. The summed E-state index contributed by atoms with van der Waals surface area (Å²) in [5, 5.41) is 0.528. The van der Waals surface area contributed by atoms with E-state index in [1.165, 1.54) is 12.1 Å². The standard InChI is InChI=1S/C15H13Cl2NO2/c1-9-4-2-3-5-10(9)8-20-14-12(16)6-11(15(18)19)7-13(14)17/h2-7H,8H2,1H3,(H2,18,19). The van der Waals surface area contributed by atoms with Gasteiger partial charge >= 0.3 is 0 Å². The lowest BCUT2D eigenvalue weighted by Crippen LogP contribution is -2.11. The molecule has 0 fully saturated rings. The van der Waals surface area contributed by atoms with Crippen molar-refractivity contribution >= 4 is 29.1 Å². The number of carbonyl (C=O) groups excluding carboxylic acids is 1. The first-order valence-electron chi connectivity index (χ1n) is 5.95. The number of hydrogen-bond donors (Lipinski definition) is 1. The van der Waals surface area contributed by atoms with Gasteiger partial charge in [-0.2, -0.15) is 0 Å². The molecule has 0 atom stereocenters. The van der Waals surface area contributed by atoms with Crippen molar-refractivity contribution in [2.24, 2.45) is 5.73 Å². The van der Waals surface area contributed by atoms with Gasteiger partial charge < -0.3 is 10.5 Å². The van der Waals surface area contributed by atoms with Crippen LogP contribution in [0.3, 0.4) is 0 Å². The molecule has 0 heterocycles. The van der Waals surface area contributed by atoms with Crippen molar-refractivity contribution in [3.8, 4) is 5.75 Å². The van der Waals surface area contributed by atoms with Gasteiger partial charge in [-0.3, -0.25) is 4.79 Å². The van der Waals surface area contributed by atoms with Gasteiger partial charge in [0.15, 0.2) is 5.75 Å². The molecule has 0 spiro atoms. The van der Waals surface area contributed by atoms with Crippen LogP contribution < -0.4 is 10.5 Å². The minimum Gasteiger partial charge on any atom is -0.486 e. The molecular formula is C15H13Cl2NO2. The Labute approximate surface area is 127 Å². The summed E-state index contributed by atoms with van der Waals surface area (Å²) in [6.45, 7) is 2.35. The van der Waals surface area contributed by atoms with Gasteiger partial charge in [0.1, 0.15) is 6.61 Å². The van der Waals surface area contributed by atoms with Crippen LogP contribution in [0.25, 0.3) is 0 Å². The van der Waals surface area contributed by atoms with Crippen LogP contribution in [0.2, 0.25) is 10.0 Å². The molecule has 104 valence electrons. The summed E-state index contributed by atoms with van der Waals surface area (Å²) in [7, 11) is 0. The zero-order valence-electron chi connectivity index (χ0n) is 10.8. The lowest BCUT2D eigenvalue weighted by atomic mass is 10.1. The Morgan fingerprint density at radius 1 is 1.20 bits per heavy atom. The smallest absolute Gasteiger partial charge is 0.248 e. The van der Waals surface area contributed by atoms with Crippen molar-refractivity contribution in [2.45, 2.75) is 13.5 Å². The van der Waals surface area contributed by atoms with Crippen LogP contribution in [0.5, 0.6) is 5.75 Å². The summed E-state index contributed by atoms with van der Waals surface area (Å²) in [4.78, 5) is 11.1. The summed E-state index contributed by atoms with van der Waals surface area (Å²) < 4.78 is 5.65. The fourth-order valence-electron chi connectivity index (χ4n) is 1.76. The van der Waals surface area contributed by atoms with Gasteiger partial charge in [0, 0.05) is 5.56 Å². The molecule has 2 aromatic rings. The second kappa shape index (κ2) is 6.16. The van der Waals surface area contributed by atoms with Gasteiger partial charge in [-0.1, -0.05) is 47.5 Å². The lowest BCUT2D eigenvalue weighted by molar-refractivity contribution is 0.1000. The molecule has 0 saturated carbocycles. The highest BCUT2D eigenvalue weighted by molar-refractivity contribution is 6.37. The third kappa shape index (κ3) is 3.24. The monoisotopic (exact) mass is 309 g/mol. The van der Waals surface area contributed by atoms with E-state index in [-0.39, 0.29) is 15.6 Å². The Kier molecular flexibility index (Phi) is 4.53. The zero-order chi connectivity index (χ0) is 14.7. The van der Waals surface area contributed by atoms with Gasteiger partial charge in [-0.25, -0.2) is 0 Å². The highest BCUT2D eigenvalue weighted by Gasteiger charge is 2.12. The van der Waals surface area contributed by atoms with E-state index in [0.717, 1.165) is 11.1 Å². The number of amides is 1. The molecule has 2 N–H and O–H groups in total. The number of primary amides is 1. The minimum absolute atomic E-state index is 0.253. The molecule has 0 aliphatic heterocycles. The Bertz CT molecular complexity index is 633. The maximum Gasteiger partial charge on any atom is 0.248 e. The first-order valence-corrected chi connectivity index (χ1v) is 6.71. The topological polar surface area (TPSA) is 52.3 Å². The highest BCUT2D eigenvalue weighted by Crippen LogP contribution is 2.34. The number of ether oxygens (including phenoxy) is 1. The van der Waals surface area contributed by atoms with Crippen LogP contribution in [0.4, 0.5) is 0 Å². The molecule has 0 bridgehead atoms. The molecule has 2 rings (SSSR count). The Morgan fingerprint density at radius 3 is 2.35 bits per heavy atom. The predicted octanol–water partition coefficient (Wildman–Crippen LogP) is 3.98. The molecule has 2 aromatic carbocycles. The van der Waals surface area contributed by atoms with Gasteiger partial charge in [0.2, 0.25) is 5.91 Å². The van der Waals surface area contributed by atoms with Crippen molar-refractivity contribution in [2.75, 3.05) is 0 Å². The van der Waals surface area contributed by atoms with Crippen LogP contribution in [0.15, 0.2) is 36.4 Å². The van der Waals surface area contributed by atoms with Gasteiger partial charge in [-0.05, 0) is 30.2 Å². The summed E-state index contributed by atoms with van der Waals surface area (Å²) in [6.07, 6.45) is 0. The number of rotatable bonds is 4. The molecule has 0 saturated heterocycles. The zero-order valence-corrected chi connectivity index (χ0v) is 12.3. The molecule has 0 aromatic heterocycles. The van der Waals surface area contributed by atoms with Crippen LogP contribution in [-0.2, 0) is 6.61 Å². The van der Waals surface area contributed by atoms with Crippen LogP contribution >= 0.6 is 23.2 Å². The van der Waals surface area contributed by atoms with Crippen LogP contribution in [0, 0.1) is 6.92 Å². The number of hydrogen-bond acceptors (Lipinski definition) is 2. The Hall–Kier alpha value is -1.71. The number of halogens is 2. The normalized spacial score (nSPS) is 10.3. The van der Waals surface area contributed by atoms with E-state index in [1.54, 1.807) is 0 Å². The fraction of sp³-hybridized carbons (Fsp3) is 0.133. The molecule has 0 radical (unpaired) electrons. The number of aryl methyl sites for hydroxylation is 1. The molecule has 0 unspecified atom stereocenters. The van der Waals surface area contributed by atoms with E-state index in [9.17, 15) is 4.79 Å². The van der Waals surface area contributed by atoms with Crippen molar-refractivity contribution in [3.05, 3.63) is 63.1 Å². The summed E-state index contributed by atoms with van der Waals surface area (Å²) in [5.74, 6) is -0.235. The van der Waals surface area contributed by atoms with E-state index in [4.69, 9.17) is 33.7 Å².